The van der Waals surface area contributed by atoms with Crippen LogP contribution in [0.4, 0.5) is 5.69 Å². The first-order valence-corrected chi connectivity index (χ1v) is 9.25. The second kappa shape index (κ2) is 8.73. The van der Waals surface area contributed by atoms with Crippen LogP contribution in [0.25, 0.3) is 0 Å². The zero-order chi connectivity index (χ0) is 20.1. The number of carbonyl (C=O) groups excluding carboxylic acids is 2. The Balaban J connectivity index is 1.72. The number of hydrogen-bond donors (Lipinski definition) is 0. The van der Waals surface area contributed by atoms with Gasteiger partial charge in [0, 0.05) is 18.3 Å². The lowest BCUT2D eigenvalue weighted by Crippen LogP contribution is -2.34. The standard InChI is InChI=1S/C19H22N2O7/c1-2-20(13-6-4-3-5-7-13)18(22)12-28-19(23)14-10-16-17(27-9-8-26-16)11-15(14)21(24)25/h6,10-11H,2-5,7-9,12H2,1H3. The summed E-state index contributed by atoms with van der Waals surface area (Å²) in [4.78, 5) is 37.2. The van der Waals surface area contributed by atoms with Gasteiger partial charge in [0.25, 0.3) is 11.6 Å². The van der Waals surface area contributed by atoms with E-state index in [2.05, 4.69) is 0 Å². The minimum absolute atomic E-state index is 0.201. The van der Waals surface area contributed by atoms with E-state index in [1.807, 2.05) is 13.0 Å². The third-order valence-corrected chi connectivity index (χ3v) is 4.63. The van der Waals surface area contributed by atoms with Crippen molar-refractivity contribution in [2.45, 2.75) is 32.6 Å². The Morgan fingerprint density at radius 2 is 1.93 bits per heavy atom. The number of rotatable bonds is 6. The maximum absolute atomic E-state index is 12.5. The van der Waals surface area contributed by atoms with E-state index in [9.17, 15) is 19.7 Å². The number of ether oxygens (including phenoxy) is 3. The van der Waals surface area contributed by atoms with Gasteiger partial charge in [0.1, 0.15) is 18.8 Å². The predicted octanol–water partition coefficient (Wildman–Crippen LogP) is 2.83. The van der Waals surface area contributed by atoms with Crippen molar-refractivity contribution in [3.8, 4) is 11.5 Å². The molecule has 9 heteroatoms. The van der Waals surface area contributed by atoms with Crippen LogP contribution < -0.4 is 9.47 Å². The molecule has 0 aromatic heterocycles. The molecule has 150 valence electrons. The van der Waals surface area contributed by atoms with Gasteiger partial charge < -0.3 is 19.1 Å². The van der Waals surface area contributed by atoms with E-state index in [0.29, 0.717) is 6.54 Å². The van der Waals surface area contributed by atoms with Crippen molar-refractivity contribution < 1.29 is 28.7 Å². The average Bonchev–Trinajstić information content (AvgIpc) is 2.72. The molecule has 1 amide bonds. The average molecular weight is 390 g/mol. The molecule has 0 unspecified atom stereocenters. The highest BCUT2D eigenvalue weighted by Crippen LogP contribution is 2.36. The van der Waals surface area contributed by atoms with Crippen LogP contribution >= 0.6 is 0 Å². The lowest BCUT2D eigenvalue weighted by molar-refractivity contribution is -0.385. The van der Waals surface area contributed by atoms with Crippen molar-refractivity contribution in [1.29, 1.82) is 0 Å². The highest BCUT2D eigenvalue weighted by Gasteiger charge is 2.28. The predicted molar refractivity (Wildman–Crippen MR) is 98.3 cm³/mol. The minimum atomic E-state index is -0.953. The Kier molecular flexibility index (Phi) is 6.13. The van der Waals surface area contributed by atoms with E-state index in [-0.39, 0.29) is 36.2 Å². The number of esters is 1. The number of amides is 1. The summed E-state index contributed by atoms with van der Waals surface area (Å²) < 4.78 is 15.8. The minimum Gasteiger partial charge on any atom is -0.486 e. The van der Waals surface area contributed by atoms with Crippen LogP contribution in [0.3, 0.4) is 0 Å². The van der Waals surface area contributed by atoms with Gasteiger partial charge in [0.2, 0.25) is 0 Å². The Bertz CT molecular complexity index is 819. The van der Waals surface area contributed by atoms with Gasteiger partial charge in [-0.3, -0.25) is 14.9 Å². The van der Waals surface area contributed by atoms with Gasteiger partial charge in [0.15, 0.2) is 18.1 Å². The summed E-state index contributed by atoms with van der Waals surface area (Å²) in [6.45, 7) is 2.37. The van der Waals surface area contributed by atoms with Gasteiger partial charge in [-0.25, -0.2) is 4.79 Å². The van der Waals surface area contributed by atoms with E-state index in [0.717, 1.165) is 37.4 Å². The Hall–Kier alpha value is -3.10. The number of benzene rings is 1. The summed E-state index contributed by atoms with van der Waals surface area (Å²) in [5.41, 5.74) is 0.200. The summed E-state index contributed by atoms with van der Waals surface area (Å²) in [5, 5.41) is 11.3. The Labute approximate surface area is 162 Å². The smallest absolute Gasteiger partial charge is 0.345 e. The molecule has 1 aromatic carbocycles. The van der Waals surface area contributed by atoms with Crippen LogP contribution in [0, 0.1) is 10.1 Å². The van der Waals surface area contributed by atoms with Gasteiger partial charge in [-0.05, 0) is 32.6 Å². The summed E-state index contributed by atoms with van der Waals surface area (Å²) in [5.74, 6) is -0.875. The zero-order valence-corrected chi connectivity index (χ0v) is 15.6. The van der Waals surface area contributed by atoms with E-state index < -0.39 is 23.2 Å². The van der Waals surface area contributed by atoms with Crippen LogP contribution in [0.15, 0.2) is 23.9 Å². The first kappa shape index (κ1) is 19.7. The molecule has 0 atom stereocenters. The van der Waals surface area contributed by atoms with E-state index in [1.54, 1.807) is 4.90 Å². The molecule has 0 bridgehead atoms. The molecule has 0 saturated heterocycles. The largest absolute Gasteiger partial charge is 0.486 e. The SMILES string of the molecule is CCN(C(=O)COC(=O)c1cc2c(cc1[N+](=O)[O-])OCCO2)C1=CCCCC1. The Morgan fingerprint density at radius 1 is 1.21 bits per heavy atom. The number of allylic oxidation sites excluding steroid dienone is 2. The summed E-state index contributed by atoms with van der Waals surface area (Å²) in [6, 6.07) is 2.36. The number of nitrogens with zero attached hydrogens (tertiary/aromatic N) is 2. The molecule has 2 aliphatic rings. The monoisotopic (exact) mass is 390 g/mol. The third kappa shape index (κ3) is 4.24. The van der Waals surface area contributed by atoms with Crippen molar-refractivity contribution in [3.05, 3.63) is 39.6 Å². The van der Waals surface area contributed by atoms with Gasteiger partial charge >= 0.3 is 5.97 Å². The molecule has 0 spiro atoms. The molecule has 1 heterocycles. The highest BCUT2D eigenvalue weighted by atomic mass is 16.6. The van der Waals surface area contributed by atoms with E-state index in [1.165, 1.54) is 6.07 Å². The Morgan fingerprint density at radius 3 is 2.54 bits per heavy atom. The van der Waals surface area contributed by atoms with Crippen LogP contribution in [0.5, 0.6) is 11.5 Å². The summed E-state index contributed by atoms with van der Waals surface area (Å²) in [6.07, 6.45) is 5.86. The lowest BCUT2D eigenvalue weighted by Gasteiger charge is -2.26. The number of carbonyl (C=O) groups is 2. The van der Waals surface area contributed by atoms with Gasteiger partial charge in [0.05, 0.1) is 11.0 Å². The topological polar surface area (TPSA) is 108 Å². The molecule has 3 rings (SSSR count). The molecule has 0 fully saturated rings. The molecule has 28 heavy (non-hydrogen) atoms. The normalized spacial score (nSPS) is 15.4. The fourth-order valence-electron chi connectivity index (χ4n) is 3.28. The molecular weight excluding hydrogens is 368 g/mol. The fourth-order valence-corrected chi connectivity index (χ4v) is 3.28. The summed E-state index contributed by atoms with van der Waals surface area (Å²) >= 11 is 0. The third-order valence-electron chi connectivity index (χ3n) is 4.63. The maximum Gasteiger partial charge on any atom is 0.345 e. The van der Waals surface area contributed by atoms with Crippen molar-refractivity contribution in [2.24, 2.45) is 0 Å². The highest BCUT2D eigenvalue weighted by molar-refractivity contribution is 5.96. The van der Waals surface area contributed by atoms with Crippen molar-refractivity contribution in [3.63, 3.8) is 0 Å². The molecule has 0 saturated carbocycles. The molecule has 1 aromatic rings. The second-order valence-electron chi connectivity index (χ2n) is 6.43. The number of hydrogen-bond acceptors (Lipinski definition) is 7. The van der Waals surface area contributed by atoms with Crippen LogP contribution in [0.1, 0.15) is 43.0 Å². The number of likely N-dealkylation sites (N-methyl/N-ethyl adjacent to an activating group) is 1. The van der Waals surface area contributed by atoms with E-state index >= 15 is 0 Å². The molecule has 9 nitrogen and oxygen atoms in total. The van der Waals surface area contributed by atoms with Crippen molar-refractivity contribution >= 4 is 17.6 Å². The van der Waals surface area contributed by atoms with Crippen LogP contribution in [-0.2, 0) is 9.53 Å². The first-order chi connectivity index (χ1) is 13.5. The van der Waals surface area contributed by atoms with Gasteiger partial charge in [-0.1, -0.05) is 6.08 Å². The van der Waals surface area contributed by atoms with Crippen LogP contribution in [-0.4, -0.2) is 48.1 Å². The van der Waals surface area contributed by atoms with E-state index in [4.69, 9.17) is 14.2 Å². The van der Waals surface area contributed by atoms with Gasteiger partial charge in [-0.2, -0.15) is 0 Å². The molecule has 1 aliphatic heterocycles. The van der Waals surface area contributed by atoms with Crippen molar-refractivity contribution in [2.75, 3.05) is 26.4 Å². The maximum atomic E-state index is 12.5. The first-order valence-electron chi connectivity index (χ1n) is 9.25. The molecule has 0 radical (unpaired) electrons. The zero-order valence-electron chi connectivity index (χ0n) is 15.6. The number of nitro benzene ring substituents is 1. The van der Waals surface area contributed by atoms with Crippen molar-refractivity contribution in [1.82, 2.24) is 4.90 Å². The number of fused-ring (bicyclic) bond motifs is 1. The lowest BCUT2D eigenvalue weighted by atomic mass is 10.0. The van der Waals surface area contributed by atoms with Crippen LogP contribution in [0.2, 0.25) is 0 Å². The molecule has 0 N–H and O–H groups in total. The molecular formula is C19H22N2O7. The molecule has 1 aliphatic carbocycles. The number of nitro groups is 1. The fraction of sp³-hybridized carbons (Fsp3) is 0.474. The summed E-state index contributed by atoms with van der Waals surface area (Å²) in [7, 11) is 0. The quantitative estimate of drug-likeness (QED) is 0.417. The second-order valence-corrected chi connectivity index (χ2v) is 6.43. The van der Waals surface area contributed by atoms with Gasteiger partial charge in [-0.15, -0.1) is 0 Å².